The van der Waals surface area contributed by atoms with Crippen molar-refractivity contribution in [2.75, 3.05) is 0 Å². The molecule has 64 heavy (non-hydrogen) atoms. The molecule has 0 aliphatic carbocycles. The maximum atomic E-state index is 6.77. The van der Waals surface area contributed by atoms with E-state index in [2.05, 4.69) is 238 Å². The fourth-order valence-corrected chi connectivity index (χ4v) is 10.6. The van der Waals surface area contributed by atoms with Gasteiger partial charge < -0.3 is 18.1 Å². The number of benzene rings is 10. The van der Waals surface area contributed by atoms with E-state index < -0.39 is 0 Å². The summed E-state index contributed by atoms with van der Waals surface area (Å²) in [6.07, 6.45) is 0. The lowest BCUT2D eigenvalue weighted by Gasteiger charge is -2.12. The van der Waals surface area contributed by atoms with Gasteiger partial charge >= 0.3 is 0 Å². The van der Waals surface area contributed by atoms with Gasteiger partial charge in [0.2, 0.25) is 0 Å². The third-order valence-electron chi connectivity index (χ3n) is 13.4. The van der Waals surface area contributed by atoms with Crippen LogP contribution in [0.5, 0.6) is 0 Å². The minimum atomic E-state index is 0.886. The summed E-state index contributed by atoms with van der Waals surface area (Å²) in [5, 5.41) is 9.60. The van der Waals surface area contributed by atoms with Gasteiger partial charge in [0, 0.05) is 65.7 Å². The first-order chi connectivity index (χ1) is 31.7. The second-order valence-electron chi connectivity index (χ2n) is 16.9. The largest absolute Gasteiger partial charge is 0.455 e. The summed E-state index contributed by atoms with van der Waals surface area (Å²) in [5.74, 6) is 0. The Kier molecular flexibility index (Phi) is 7.36. The SMILES string of the molecule is c1ccc(-n2c3ccccc3c3ccc(-c4cc(-c5ccc6c(c5)c5ccccc5n6-c5ccc6c7ccccc7n(-c7ccccc7)c6c5)cc5c4oc4ccccc45)cc32)cc1. The summed E-state index contributed by atoms with van der Waals surface area (Å²) >= 11 is 0. The first-order valence-electron chi connectivity index (χ1n) is 21.9. The van der Waals surface area contributed by atoms with Gasteiger partial charge in [-0.2, -0.15) is 0 Å². The molecule has 0 atom stereocenters. The maximum absolute atomic E-state index is 6.77. The minimum Gasteiger partial charge on any atom is -0.455 e. The molecule has 0 aliphatic rings. The Morgan fingerprint density at radius 3 is 1.38 bits per heavy atom. The predicted octanol–water partition coefficient (Wildman–Crippen LogP) is 16.2. The molecule has 4 aromatic heterocycles. The Hall–Kier alpha value is -8.60. The van der Waals surface area contributed by atoms with Gasteiger partial charge in [0.05, 0.1) is 33.1 Å². The number of aromatic nitrogens is 3. The Balaban J connectivity index is 0.982. The van der Waals surface area contributed by atoms with Gasteiger partial charge in [-0.3, -0.25) is 0 Å². The average Bonchev–Trinajstić information content (AvgIpc) is 4.10. The predicted molar refractivity (Wildman–Crippen MR) is 268 cm³/mol. The number of fused-ring (bicyclic) bond motifs is 12. The van der Waals surface area contributed by atoms with E-state index in [4.69, 9.17) is 4.42 Å². The Labute approximate surface area is 367 Å². The van der Waals surface area contributed by atoms with Crippen molar-refractivity contribution in [2.24, 2.45) is 0 Å². The van der Waals surface area contributed by atoms with Gasteiger partial charge in [0.25, 0.3) is 0 Å². The van der Waals surface area contributed by atoms with Crippen LogP contribution in [0, 0.1) is 0 Å². The van der Waals surface area contributed by atoms with E-state index in [-0.39, 0.29) is 0 Å². The maximum Gasteiger partial charge on any atom is 0.143 e. The molecule has 4 heteroatoms. The van der Waals surface area contributed by atoms with Crippen molar-refractivity contribution in [3.63, 3.8) is 0 Å². The standard InChI is InChI=1S/C60H37N3O/c1-3-15-41(16-4-1)61-53-23-11-7-19-44(53)47-30-27-39(36-57(47)61)50-34-40(35-52-49-22-10-14-26-59(49)64-60(50)52)38-28-32-56-51(33-38)46-21-9-13-25-55(46)63(56)43-29-31-48-45-20-8-12-24-54(45)62(58(48)37-43)42-17-5-2-6-18-42/h1-37H. The Morgan fingerprint density at radius 2 is 0.719 bits per heavy atom. The van der Waals surface area contributed by atoms with Crippen molar-refractivity contribution in [1.82, 2.24) is 13.7 Å². The zero-order chi connectivity index (χ0) is 41.9. The molecule has 0 saturated heterocycles. The molecule has 10 aromatic carbocycles. The van der Waals surface area contributed by atoms with Crippen molar-refractivity contribution >= 4 is 87.4 Å². The quantitative estimate of drug-likeness (QED) is 0.170. The smallest absolute Gasteiger partial charge is 0.143 e. The van der Waals surface area contributed by atoms with E-state index in [9.17, 15) is 0 Å². The molecule has 0 saturated carbocycles. The van der Waals surface area contributed by atoms with Crippen LogP contribution in [-0.4, -0.2) is 13.7 Å². The fourth-order valence-electron chi connectivity index (χ4n) is 10.6. The van der Waals surface area contributed by atoms with Gasteiger partial charge in [-0.25, -0.2) is 0 Å². The molecule has 4 nitrogen and oxygen atoms in total. The Morgan fingerprint density at radius 1 is 0.250 bits per heavy atom. The van der Waals surface area contributed by atoms with Crippen LogP contribution in [0.25, 0.3) is 127 Å². The van der Waals surface area contributed by atoms with Crippen molar-refractivity contribution in [3.05, 3.63) is 224 Å². The number of hydrogen-bond donors (Lipinski definition) is 0. The molecule has 0 amide bonds. The average molecular weight is 816 g/mol. The van der Waals surface area contributed by atoms with Crippen LogP contribution >= 0.6 is 0 Å². The van der Waals surface area contributed by atoms with Crippen LogP contribution in [-0.2, 0) is 0 Å². The van der Waals surface area contributed by atoms with Crippen molar-refractivity contribution in [1.29, 1.82) is 0 Å². The molecule has 14 rings (SSSR count). The van der Waals surface area contributed by atoms with Crippen molar-refractivity contribution in [2.45, 2.75) is 0 Å². The molecule has 0 unspecified atom stereocenters. The van der Waals surface area contributed by atoms with Gasteiger partial charge in [-0.05, 0) is 108 Å². The molecule has 14 aromatic rings. The van der Waals surface area contributed by atoms with Crippen LogP contribution in [0.2, 0.25) is 0 Å². The molecule has 0 aliphatic heterocycles. The zero-order valence-corrected chi connectivity index (χ0v) is 34.6. The highest BCUT2D eigenvalue weighted by Crippen LogP contribution is 2.44. The monoisotopic (exact) mass is 815 g/mol. The molecule has 4 heterocycles. The van der Waals surface area contributed by atoms with Crippen LogP contribution in [0.1, 0.15) is 0 Å². The third kappa shape index (κ3) is 5.05. The molecular weight excluding hydrogens is 779 g/mol. The number of para-hydroxylation sites is 6. The van der Waals surface area contributed by atoms with Crippen LogP contribution in [0.4, 0.5) is 0 Å². The summed E-state index contributed by atoms with van der Waals surface area (Å²) in [6.45, 7) is 0. The Bertz CT molecular complexity index is 4180. The van der Waals surface area contributed by atoms with E-state index in [0.29, 0.717) is 0 Å². The first kappa shape index (κ1) is 35.0. The second-order valence-corrected chi connectivity index (χ2v) is 16.9. The number of rotatable bonds is 5. The summed E-state index contributed by atoms with van der Waals surface area (Å²) < 4.78 is 14.0. The van der Waals surface area contributed by atoms with Gasteiger partial charge in [-0.15, -0.1) is 0 Å². The van der Waals surface area contributed by atoms with E-state index in [0.717, 1.165) is 66.8 Å². The van der Waals surface area contributed by atoms with Gasteiger partial charge in [-0.1, -0.05) is 133 Å². The molecule has 298 valence electrons. The molecule has 0 radical (unpaired) electrons. The molecular formula is C60H37N3O. The van der Waals surface area contributed by atoms with Crippen molar-refractivity contribution in [3.8, 4) is 39.3 Å². The van der Waals surface area contributed by atoms with Crippen LogP contribution < -0.4 is 0 Å². The highest BCUT2D eigenvalue weighted by Gasteiger charge is 2.21. The van der Waals surface area contributed by atoms with Crippen LogP contribution in [0.3, 0.4) is 0 Å². The zero-order valence-electron chi connectivity index (χ0n) is 34.6. The summed E-state index contributed by atoms with van der Waals surface area (Å²) in [6, 6.07) is 81.5. The highest BCUT2D eigenvalue weighted by molar-refractivity contribution is 6.16. The topological polar surface area (TPSA) is 27.9 Å². The molecule has 0 N–H and O–H groups in total. The van der Waals surface area contributed by atoms with Gasteiger partial charge in [0.1, 0.15) is 11.2 Å². The lowest BCUT2D eigenvalue weighted by atomic mass is 9.94. The summed E-state index contributed by atoms with van der Waals surface area (Å²) in [5.41, 5.74) is 16.8. The number of hydrogen-bond acceptors (Lipinski definition) is 1. The van der Waals surface area contributed by atoms with E-state index >= 15 is 0 Å². The normalized spacial score (nSPS) is 12.1. The van der Waals surface area contributed by atoms with Crippen molar-refractivity contribution < 1.29 is 4.42 Å². The molecule has 0 fully saturated rings. The fraction of sp³-hybridized carbons (Fsp3) is 0. The van der Waals surface area contributed by atoms with Crippen LogP contribution in [0.15, 0.2) is 229 Å². The summed E-state index contributed by atoms with van der Waals surface area (Å²) in [4.78, 5) is 0. The van der Waals surface area contributed by atoms with E-state index in [1.807, 2.05) is 0 Å². The number of nitrogens with zero attached hydrogens (tertiary/aromatic N) is 3. The first-order valence-corrected chi connectivity index (χ1v) is 21.9. The second kappa shape index (κ2) is 13.4. The van der Waals surface area contributed by atoms with Gasteiger partial charge in [0.15, 0.2) is 0 Å². The van der Waals surface area contributed by atoms with E-state index in [1.165, 1.54) is 59.9 Å². The lowest BCUT2D eigenvalue weighted by molar-refractivity contribution is 0.670. The minimum absolute atomic E-state index is 0.886. The number of furan rings is 1. The lowest BCUT2D eigenvalue weighted by Crippen LogP contribution is -1.96. The molecule has 0 spiro atoms. The highest BCUT2D eigenvalue weighted by atomic mass is 16.3. The van der Waals surface area contributed by atoms with E-state index in [1.54, 1.807) is 0 Å². The third-order valence-corrected chi connectivity index (χ3v) is 13.4. The molecule has 0 bridgehead atoms. The summed E-state index contributed by atoms with van der Waals surface area (Å²) in [7, 11) is 0.